The van der Waals surface area contributed by atoms with Crippen LogP contribution >= 0.6 is 0 Å². The van der Waals surface area contributed by atoms with Crippen LogP contribution in [-0.2, 0) is 4.79 Å². The van der Waals surface area contributed by atoms with Gasteiger partial charge in [-0.1, -0.05) is 19.1 Å². The molecule has 2 saturated carbocycles. The van der Waals surface area contributed by atoms with Gasteiger partial charge in [0.25, 0.3) is 5.91 Å². The van der Waals surface area contributed by atoms with E-state index in [1.807, 2.05) is 67.4 Å². The molecule has 6 heteroatoms. The first-order valence-electron chi connectivity index (χ1n) is 11.0. The van der Waals surface area contributed by atoms with Crippen molar-refractivity contribution in [2.24, 2.45) is 5.41 Å². The van der Waals surface area contributed by atoms with Gasteiger partial charge < -0.3 is 14.6 Å². The lowest BCUT2D eigenvalue weighted by Crippen LogP contribution is -2.40. The molecule has 3 aromatic rings. The molecule has 0 spiro atoms. The van der Waals surface area contributed by atoms with E-state index in [9.17, 15) is 9.59 Å². The van der Waals surface area contributed by atoms with Crippen LogP contribution in [0.5, 0.6) is 0 Å². The molecule has 1 N–H and O–H groups in total. The topological polar surface area (TPSA) is 75.4 Å². The first-order valence-corrected chi connectivity index (χ1v) is 11.0. The van der Waals surface area contributed by atoms with Crippen LogP contribution in [0.15, 0.2) is 52.9 Å². The van der Waals surface area contributed by atoms with Crippen LogP contribution in [-0.4, -0.2) is 40.8 Å². The van der Waals surface area contributed by atoms with Crippen LogP contribution in [0.3, 0.4) is 0 Å². The van der Waals surface area contributed by atoms with Crippen molar-refractivity contribution in [2.45, 2.75) is 51.1 Å². The molecule has 2 amide bonds. The molecule has 6 nitrogen and oxygen atoms in total. The Balaban J connectivity index is 1.23. The van der Waals surface area contributed by atoms with E-state index in [2.05, 4.69) is 10.3 Å². The van der Waals surface area contributed by atoms with Crippen molar-refractivity contribution in [3.05, 3.63) is 54.1 Å². The molecule has 2 fully saturated rings. The summed E-state index contributed by atoms with van der Waals surface area (Å²) in [6.45, 7) is 2.02. The van der Waals surface area contributed by atoms with Crippen molar-refractivity contribution >= 4 is 22.9 Å². The van der Waals surface area contributed by atoms with E-state index < -0.39 is 0 Å². The van der Waals surface area contributed by atoms with Crippen molar-refractivity contribution < 1.29 is 14.0 Å². The highest BCUT2D eigenvalue weighted by Gasteiger charge is 2.46. The molecule has 2 aromatic carbocycles. The molecule has 31 heavy (non-hydrogen) atoms. The van der Waals surface area contributed by atoms with E-state index >= 15 is 0 Å². The number of nitrogens with zero attached hydrogens (tertiary/aromatic N) is 2. The number of amides is 2. The van der Waals surface area contributed by atoms with Gasteiger partial charge in [-0.25, -0.2) is 4.98 Å². The van der Waals surface area contributed by atoms with E-state index in [1.165, 1.54) is 0 Å². The second-order valence-corrected chi connectivity index (χ2v) is 9.18. The molecule has 160 valence electrons. The Labute approximate surface area is 181 Å². The fraction of sp³-hybridized carbons (Fsp3) is 0.400. The standard InChI is InChI=1S/C25H27N3O3/c1-25(13-14-25)24(30)26-18-11-12-19(15-18)28(2)23(29)17-9-7-16(8-10-17)22-27-20-5-3-4-6-21(20)31-22/h3-10,18-19H,11-15H2,1-2H3,(H,26,30)/t18-,19+/m0/s1. The Morgan fingerprint density at radius 2 is 1.84 bits per heavy atom. The normalized spacial score (nSPS) is 21.7. The molecule has 2 aliphatic carbocycles. The first-order chi connectivity index (χ1) is 14.9. The minimum Gasteiger partial charge on any atom is -0.436 e. The number of para-hydroxylation sites is 2. The van der Waals surface area contributed by atoms with Gasteiger partial charge in [-0.2, -0.15) is 0 Å². The maximum Gasteiger partial charge on any atom is 0.253 e. The first kappa shape index (κ1) is 19.8. The van der Waals surface area contributed by atoms with Gasteiger partial charge in [0, 0.05) is 35.7 Å². The number of hydrogen-bond acceptors (Lipinski definition) is 4. The predicted molar refractivity (Wildman–Crippen MR) is 118 cm³/mol. The lowest BCUT2D eigenvalue weighted by Gasteiger charge is -2.25. The van der Waals surface area contributed by atoms with Crippen LogP contribution in [0, 0.1) is 5.41 Å². The Morgan fingerprint density at radius 1 is 1.10 bits per heavy atom. The zero-order valence-electron chi connectivity index (χ0n) is 17.9. The van der Waals surface area contributed by atoms with Gasteiger partial charge in [0.2, 0.25) is 11.8 Å². The number of carbonyl (C=O) groups is 2. The highest BCUT2D eigenvalue weighted by molar-refractivity contribution is 5.94. The number of oxazole rings is 1. The largest absolute Gasteiger partial charge is 0.436 e. The number of benzene rings is 2. The minimum atomic E-state index is -0.156. The second kappa shape index (κ2) is 7.52. The molecular weight excluding hydrogens is 390 g/mol. The summed E-state index contributed by atoms with van der Waals surface area (Å²) < 4.78 is 5.81. The Bertz CT molecular complexity index is 1100. The number of carbonyl (C=O) groups excluding carboxylic acids is 2. The highest BCUT2D eigenvalue weighted by Crippen LogP contribution is 2.45. The quantitative estimate of drug-likeness (QED) is 0.667. The summed E-state index contributed by atoms with van der Waals surface area (Å²) in [5.74, 6) is 0.712. The molecule has 1 aromatic heterocycles. The summed E-state index contributed by atoms with van der Waals surface area (Å²) in [6, 6.07) is 15.3. The molecule has 1 heterocycles. The van der Waals surface area contributed by atoms with Crippen LogP contribution < -0.4 is 5.32 Å². The lowest BCUT2D eigenvalue weighted by molar-refractivity contribution is -0.126. The summed E-state index contributed by atoms with van der Waals surface area (Å²) in [6.07, 6.45) is 4.59. The third kappa shape index (κ3) is 3.82. The van der Waals surface area contributed by atoms with Crippen LogP contribution in [0.1, 0.15) is 49.4 Å². The Hall–Kier alpha value is -3.15. The van der Waals surface area contributed by atoms with Crippen molar-refractivity contribution in [1.82, 2.24) is 15.2 Å². The summed E-state index contributed by atoms with van der Waals surface area (Å²) in [5.41, 5.74) is 2.89. The third-order valence-electron chi connectivity index (χ3n) is 6.83. The van der Waals surface area contributed by atoms with Crippen LogP contribution in [0.25, 0.3) is 22.6 Å². The van der Waals surface area contributed by atoms with E-state index in [-0.39, 0.29) is 29.3 Å². The van der Waals surface area contributed by atoms with Crippen molar-refractivity contribution in [3.8, 4) is 11.5 Å². The number of aromatic nitrogens is 1. The fourth-order valence-corrected chi connectivity index (χ4v) is 4.34. The maximum atomic E-state index is 13.0. The average Bonchev–Trinajstić information content (AvgIpc) is 3.19. The van der Waals surface area contributed by atoms with Gasteiger partial charge in [-0.3, -0.25) is 9.59 Å². The predicted octanol–water partition coefficient (Wildman–Crippen LogP) is 4.40. The summed E-state index contributed by atoms with van der Waals surface area (Å²) in [5, 5.41) is 3.19. The maximum absolute atomic E-state index is 13.0. The number of nitrogens with one attached hydrogen (secondary N) is 1. The lowest BCUT2D eigenvalue weighted by atomic mass is 10.1. The summed E-state index contributed by atoms with van der Waals surface area (Å²) >= 11 is 0. The zero-order chi connectivity index (χ0) is 21.6. The number of fused-ring (bicyclic) bond motifs is 1. The average molecular weight is 418 g/mol. The second-order valence-electron chi connectivity index (χ2n) is 9.18. The highest BCUT2D eigenvalue weighted by atomic mass is 16.3. The Morgan fingerprint density at radius 3 is 2.55 bits per heavy atom. The van der Waals surface area contributed by atoms with Gasteiger partial charge in [0.15, 0.2) is 5.58 Å². The number of hydrogen-bond donors (Lipinski definition) is 1. The van der Waals surface area contributed by atoms with Crippen molar-refractivity contribution in [3.63, 3.8) is 0 Å². The molecule has 2 aliphatic rings. The molecule has 0 saturated heterocycles. The molecular formula is C25H27N3O3. The molecule has 0 aliphatic heterocycles. The van der Waals surface area contributed by atoms with Gasteiger partial charge in [0.1, 0.15) is 5.52 Å². The zero-order valence-corrected chi connectivity index (χ0v) is 17.9. The third-order valence-corrected chi connectivity index (χ3v) is 6.83. The van der Waals surface area contributed by atoms with Crippen molar-refractivity contribution in [1.29, 1.82) is 0 Å². The van der Waals surface area contributed by atoms with Gasteiger partial charge in [-0.15, -0.1) is 0 Å². The molecule has 0 unspecified atom stereocenters. The Kier molecular flexibility index (Phi) is 4.80. The monoisotopic (exact) mass is 417 g/mol. The smallest absolute Gasteiger partial charge is 0.253 e. The van der Waals surface area contributed by atoms with E-state index in [0.29, 0.717) is 11.5 Å². The molecule has 0 radical (unpaired) electrons. The molecule has 0 bridgehead atoms. The van der Waals surface area contributed by atoms with Crippen molar-refractivity contribution in [2.75, 3.05) is 7.05 Å². The van der Waals surface area contributed by atoms with Crippen LogP contribution in [0.2, 0.25) is 0 Å². The van der Waals surface area contributed by atoms with Gasteiger partial charge in [0.05, 0.1) is 0 Å². The molecule has 2 atom stereocenters. The minimum absolute atomic E-state index is 0.00440. The summed E-state index contributed by atoms with van der Waals surface area (Å²) in [4.78, 5) is 31.7. The molecule has 5 rings (SSSR count). The van der Waals surface area contributed by atoms with Gasteiger partial charge >= 0.3 is 0 Å². The number of rotatable bonds is 5. The van der Waals surface area contributed by atoms with E-state index in [0.717, 1.165) is 48.8 Å². The van der Waals surface area contributed by atoms with Crippen LogP contribution in [0.4, 0.5) is 0 Å². The van der Waals surface area contributed by atoms with E-state index in [1.54, 1.807) is 0 Å². The SMILES string of the molecule is CN(C(=O)c1ccc(-c2nc3ccccc3o2)cc1)[C@@H]1CC[C@H](NC(=O)C2(C)CC2)C1. The summed E-state index contributed by atoms with van der Waals surface area (Å²) in [7, 11) is 1.86. The fourth-order valence-electron chi connectivity index (χ4n) is 4.34. The van der Waals surface area contributed by atoms with Gasteiger partial charge in [-0.05, 0) is 68.5 Å². The van der Waals surface area contributed by atoms with E-state index in [4.69, 9.17) is 4.42 Å².